The van der Waals surface area contributed by atoms with Gasteiger partial charge in [0.25, 0.3) is 5.91 Å². The number of aromatic nitrogens is 1. The Morgan fingerprint density at radius 2 is 2.03 bits per heavy atom. The van der Waals surface area contributed by atoms with Crippen LogP contribution in [0.2, 0.25) is 0 Å². The molecule has 29 heavy (non-hydrogen) atoms. The van der Waals surface area contributed by atoms with Crippen molar-refractivity contribution in [2.45, 2.75) is 6.10 Å². The van der Waals surface area contributed by atoms with Gasteiger partial charge in [-0.05, 0) is 24.3 Å². The first-order valence-electron chi connectivity index (χ1n) is 9.06. The molecule has 3 aromatic rings. The van der Waals surface area contributed by atoms with E-state index < -0.39 is 18.1 Å². The van der Waals surface area contributed by atoms with Crippen LogP contribution in [0.3, 0.4) is 0 Å². The van der Waals surface area contributed by atoms with Crippen molar-refractivity contribution in [3.8, 4) is 17.1 Å². The fourth-order valence-corrected chi connectivity index (χ4v) is 3.04. The van der Waals surface area contributed by atoms with E-state index in [1.54, 1.807) is 19.2 Å². The molecule has 2 amide bonds. The lowest BCUT2D eigenvalue weighted by molar-refractivity contribution is 0.0907. The van der Waals surface area contributed by atoms with Crippen molar-refractivity contribution in [1.82, 2.24) is 10.5 Å². The minimum Gasteiger partial charge on any atom is -0.497 e. The van der Waals surface area contributed by atoms with E-state index in [9.17, 15) is 9.59 Å². The summed E-state index contributed by atoms with van der Waals surface area (Å²) in [6.07, 6.45) is -0.881. The van der Waals surface area contributed by atoms with Crippen LogP contribution in [-0.2, 0) is 4.74 Å². The third kappa shape index (κ3) is 4.06. The summed E-state index contributed by atoms with van der Waals surface area (Å²) < 4.78 is 15.8. The summed E-state index contributed by atoms with van der Waals surface area (Å²) in [5.41, 5.74) is 1.65. The van der Waals surface area contributed by atoms with E-state index in [0.717, 1.165) is 11.3 Å². The van der Waals surface area contributed by atoms with Gasteiger partial charge in [-0.15, -0.1) is 0 Å². The van der Waals surface area contributed by atoms with E-state index in [0.29, 0.717) is 18.1 Å². The average Bonchev–Trinajstić information content (AvgIpc) is 3.40. The Balaban J connectivity index is 1.36. The molecule has 1 unspecified atom stereocenters. The van der Waals surface area contributed by atoms with E-state index in [2.05, 4.69) is 10.5 Å². The normalized spacial score (nSPS) is 15.8. The number of anilines is 1. The number of nitrogens with zero attached hydrogens (tertiary/aromatic N) is 2. The molecule has 0 aliphatic carbocycles. The molecule has 0 radical (unpaired) electrons. The van der Waals surface area contributed by atoms with Crippen LogP contribution < -0.4 is 15.0 Å². The maximum atomic E-state index is 12.4. The lowest BCUT2D eigenvalue weighted by atomic mass is 10.1. The van der Waals surface area contributed by atoms with Crippen molar-refractivity contribution in [3.63, 3.8) is 0 Å². The monoisotopic (exact) mass is 393 g/mol. The Morgan fingerprint density at radius 1 is 1.21 bits per heavy atom. The topological polar surface area (TPSA) is 93.9 Å². The van der Waals surface area contributed by atoms with Gasteiger partial charge in [-0.25, -0.2) is 4.79 Å². The molecule has 1 aromatic heterocycles. The highest BCUT2D eigenvalue weighted by atomic mass is 16.6. The molecule has 1 aliphatic heterocycles. The zero-order valence-electron chi connectivity index (χ0n) is 15.7. The van der Waals surface area contributed by atoms with Gasteiger partial charge in [0.05, 0.1) is 20.2 Å². The van der Waals surface area contributed by atoms with Crippen molar-refractivity contribution in [2.75, 3.05) is 25.1 Å². The predicted octanol–water partition coefficient (Wildman–Crippen LogP) is 3.11. The second kappa shape index (κ2) is 8.05. The van der Waals surface area contributed by atoms with Gasteiger partial charge in [0.15, 0.2) is 11.5 Å². The average molecular weight is 393 g/mol. The molecular weight excluding hydrogens is 374 g/mol. The highest BCUT2D eigenvalue weighted by molar-refractivity contribution is 5.93. The van der Waals surface area contributed by atoms with Gasteiger partial charge >= 0.3 is 6.09 Å². The Hall–Kier alpha value is -3.81. The van der Waals surface area contributed by atoms with Crippen LogP contribution in [-0.4, -0.2) is 43.5 Å². The zero-order chi connectivity index (χ0) is 20.2. The molecule has 1 fully saturated rings. The molecule has 1 aliphatic rings. The molecule has 1 N–H and O–H groups in total. The summed E-state index contributed by atoms with van der Waals surface area (Å²) in [5.74, 6) is 0.727. The first-order chi connectivity index (χ1) is 14.1. The Bertz CT molecular complexity index is 1020. The maximum Gasteiger partial charge on any atom is 0.414 e. The first kappa shape index (κ1) is 18.5. The van der Waals surface area contributed by atoms with Crippen molar-refractivity contribution in [2.24, 2.45) is 0 Å². The van der Waals surface area contributed by atoms with Crippen molar-refractivity contribution in [3.05, 3.63) is 66.4 Å². The second-order valence-corrected chi connectivity index (χ2v) is 6.47. The highest BCUT2D eigenvalue weighted by Crippen LogP contribution is 2.24. The number of carbonyl (C=O) groups is 2. The molecule has 1 saturated heterocycles. The Labute approximate surface area is 167 Å². The molecule has 2 heterocycles. The van der Waals surface area contributed by atoms with Crippen LogP contribution in [0.4, 0.5) is 10.5 Å². The van der Waals surface area contributed by atoms with Gasteiger partial charge < -0.3 is 19.3 Å². The largest absolute Gasteiger partial charge is 0.497 e. The van der Waals surface area contributed by atoms with E-state index in [1.807, 2.05) is 48.5 Å². The summed E-state index contributed by atoms with van der Waals surface area (Å²) >= 11 is 0. The summed E-state index contributed by atoms with van der Waals surface area (Å²) in [6, 6.07) is 18.1. The molecule has 0 spiro atoms. The van der Waals surface area contributed by atoms with Crippen LogP contribution in [0.25, 0.3) is 11.3 Å². The van der Waals surface area contributed by atoms with Gasteiger partial charge in [0, 0.05) is 17.3 Å². The number of benzene rings is 2. The van der Waals surface area contributed by atoms with Crippen LogP contribution >= 0.6 is 0 Å². The number of nitrogens with one attached hydrogen (secondary N) is 1. The fraction of sp³-hybridized carbons (Fsp3) is 0.190. The van der Waals surface area contributed by atoms with Crippen LogP contribution in [0, 0.1) is 0 Å². The standard InChI is InChI=1S/C21H19N3O5/c1-27-16-9-5-6-14(10-16)19-11-18(23-29-19)20(25)22-12-17-13-24(21(26)28-17)15-7-3-2-4-8-15/h2-11,17H,12-13H2,1H3,(H,22,25). The quantitative estimate of drug-likeness (QED) is 0.692. The number of rotatable bonds is 6. The number of hydrogen-bond donors (Lipinski definition) is 1. The molecule has 1 atom stereocenters. The number of para-hydroxylation sites is 1. The smallest absolute Gasteiger partial charge is 0.414 e. The second-order valence-electron chi connectivity index (χ2n) is 6.47. The lowest BCUT2D eigenvalue weighted by Gasteiger charge is -2.12. The van der Waals surface area contributed by atoms with E-state index in [-0.39, 0.29) is 12.2 Å². The minimum absolute atomic E-state index is 0.145. The SMILES string of the molecule is COc1cccc(-c2cc(C(=O)NCC3CN(c4ccccc4)C(=O)O3)no2)c1. The minimum atomic E-state index is -0.448. The molecular formula is C21H19N3O5. The third-order valence-electron chi connectivity index (χ3n) is 4.53. The number of cyclic esters (lactones) is 1. The number of amides is 2. The van der Waals surface area contributed by atoms with E-state index in [4.69, 9.17) is 14.0 Å². The molecule has 8 nitrogen and oxygen atoms in total. The van der Waals surface area contributed by atoms with Crippen LogP contribution in [0.15, 0.2) is 65.2 Å². The number of methoxy groups -OCH3 is 1. The predicted molar refractivity (Wildman–Crippen MR) is 105 cm³/mol. The van der Waals surface area contributed by atoms with Crippen molar-refractivity contribution >= 4 is 17.7 Å². The van der Waals surface area contributed by atoms with Gasteiger partial charge in [-0.1, -0.05) is 35.5 Å². The highest BCUT2D eigenvalue weighted by Gasteiger charge is 2.32. The van der Waals surface area contributed by atoms with Gasteiger partial charge in [0.1, 0.15) is 11.9 Å². The fourth-order valence-electron chi connectivity index (χ4n) is 3.04. The number of carbonyl (C=O) groups excluding carboxylic acids is 2. The summed E-state index contributed by atoms with van der Waals surface area (Å²) in [4.78, 5) is 26.0. The van der Waals surface area contributed by atoms with Gasteiger partial charge in [-0.3, -0.25) is 9.69 Å². The van der Waals surface area contributed by atoms with Crippen molar-refractivity contribution < 1.29 is 23.6 Å². The molecule has 4 rings (SSSR count). The molecule has 2 aromatic carbocycles. The van der Waals surface area contributed by atoms with E-state index in [1.165, 1.54) is 4.90 Å². The Kier molecular flexibility index (Phi) is 5.15. The number of hydrogen-bond acceptors (Lipinski definition) is 6. The third-order valence-corrected chi connectivity index (χ3v) is 4.53. The first-order valence-corrected chi connectivity index (χ1v) is 9.06. The summed E-state index contributed by atoms with van der Waals surface area (Å²) in [5, 5.41) is 6.56. The van der Waals surface area contributed by atoms with Gasteiger partial charge in [0.2, 0.25) is 0 Å². The van der Waals surface area contributed by atoms with Crippen molar-refractivity contribution in [1.29, 1.82) is 0 Å². The molecule has 8 heteroatoms. The molecule has 0 bridgehead atoms. The molecule has 148 valence electrons. The van der Waals surface area contributed by atoms with Crippen LogP contribution in [0.5, 0.6) is 5.75 Å². The summed E-state index contributed by atoms with van der Waals surface area (Å²) in [6.45, 7) is 0.534. The Morgan fingerprint density at radius 3 is 2.83 bits per heavy atom. The van der Waals surface area contributed by atoms with Crippen LogP contribution in [0.1, 0.15) is 10.5 Å². The lowest BCUT2D eigenvalue weighted by Crippen LogP contribution is -2.34. The van der Waals surface area contributed by atoms with Gasteiger partial charge in [-0.2, -0.15) is 0 Å². The summed E-state index contributed by atoms with van der Waals surface area (Å²) in [7, 11) is 1.58. The molecule has 0 saturated carbocycles. The van der Waals surface area contributed by atoms with E-state index >= 15 is 0 Å². The zero-order valence-corrected chi connectivity index (χ0v) is 15.7. The number of ether oxygens (including phenoxy) is 2. The maximum absolute atomic E-state index is 12.4.